The molecule has 10 nitrogen and oxygen atoms in total. The topological polar surface area (TPSA) is 143 Å². The van der Waals surface area contributed by atoms with Crippen LogP contribution < -0.4 is 16.4 Å². The van der Waals surface area contributed by atoms with Gasteiger partial charge in [0.1, 0.15) is 17.6 Å². The van der Waals surface area contributed by atoms with Crippen LogP contribution in [0.1, 0.15) is 54.8 Å². The van der Waals surface area contributed by atoms with Gasteiger partial charge in [0.2, 0.25) is 11.8 Å². The van der Waals surface area contributed by atoms with Crippen LogP contribution in [0.15, 0.2) is 35.0 Å². The van der Waals surface area contributed by atoms with Gasteiger partial charge in [-0.25, -0.2) is 4.98 Å². The number of rotatable bonds is 7. The Bertz CT molecular complexity index is 964. The summed E-state index contributed by atoms with van der Waals surface area (Å²) in [6.45, 7) is 2.61. The van der Waals surface area contributed by atoms with Crippen LogP contribution in [0.3, 0.4) is 0 Å². The van der Waals surface area contributed by atoms with Crippen LogP contribution in [0, 0.1) is 5.92 Å². The number of carbonyl (C=O) groups excluding carboxylic acids is 3. The average Bonchev–Trinajstić information content (AvgIpc) is 3.53. The van der Waals surface area contributed by atoms with Crippen LogP contribution in [-0.4, -0.2) is 57.9 Å². The van der Waals surface area contributed by atoms with Gasteiger partial charge in [-0.15, -0.1) is 0 Å². The third-order valence-corrected chi connectivity index (χ3v) is 5.94. The Kier molecular flexibility index (Phi) is 6.50. The van der Waals surface area contributed by atoms with Crippen molar-refractivity contribution >= 4 is 23.5 Å². The van der Waals surface area contributed by atoms with E-state index in [1.165, 1.54) is 0 Å². The molecule has 4 N–H and O–H groups in total. The third kappa shape index (κ3) is 5.13. The summed E-state index contributed by atoms with van der Waals surface area (Å²) >= 11 is 0. The fraction of sp³-hybridized carbons (Fsp3) is 0.500. The van der Waals surface area contributed by atoms with E-state index in [1.54, 1.807) is 42.3 Å². The Balaban J connectivity index is 1.46. The fourth-order valence-electron chi connectivity index (χ4n) is 3.95. The minimum Gasteiger partial charge on any atom is -0.360 e. The molecule has 1 saturated heterocycles. The molecule has 1 aliphatic carbocycles. The molecule has 3 heterocycles. The van der Waals surface area contributed by atoms with E-state index in [0.717, 1.165) is 12.8 Å². The molecule has 10 heteroatoms. The molecule has 4 rings (SSSR count). The Labute approximate surface area is 185 Å². The first-order valence-electron chi connectivity index (χ1n) is 11.0. The molecule has 0 aromatic carbocycles. The number of hydrogen-bond acceptors (Lipinski definition) is 7. The molecule has 2 aromatic rings. The molecule has 2 aliphatic rings. The van der Waals surface area contributed by atoms with Gasteiger partial charge in [-0.1, -0.05) is 11.2 Å². The van der Waals surface area contributed by atoms with Gasteiger partial charge in [0.05, 0.1) is 6.04 Å². The summed E-state index contributed by atoms with van der Waals surface area (Å²) in [5.41, 5.74) is 5.88. The lowest BCUT2D eigenvalue weighted by atomic mass is 9.88. The summed E-state index contributed by atoms with van der Waals surface area (Å²) < 4.78 is 5.28. The van der Waals surface area contributed by atoms with Crippen LogP contribution in [0.4, 0.5) is 5.82 Å². The van der Waals surface area contributed by atoms with E-state index < -0.39 is 18.0 Å². The highest BCUT2D eigenvalue weighted by Crippen LogP contribution is 2.40. The number of amides is 3. The van der Waals surface area contributed by atoms with Crippen molar-refractivity contribution in [2.45, 2.75) is 50.6 Å². The minimum atomic E-state index is -0.807. The number of nitrogens with one attached hydrogen (secondary N) is 2. The van der Waals surface area contributed by atoms with Gasteiger partial charge in [-0.3, -0.25) is 14.4 Å². The molecule has 32 heavy (non-hydrogen) atoms. The predicted octanol–water partition coefficient (Wildman–Crippen LogP) is 1.27. The van der Waals surface area contributed by atoms with Gasteiger partial charge in [0, 0.05) is 31.3 Å². The van der Waals surface area contributed by atoms with Crippen LogP contribution >= 0.6 is 0 Å². The first-order chi connectivity index (χ1) is 15.4. The highest BCUT2D eigenvalue weighted by Gasteiger charge is 2.36. The lowest BCUT2D eigenvalue weighted by Crippen LogP contribution is -2.53. The first kappa shape index (κ1) is 21.9. The lowest BCUT2D eigenvalue weighted by Gasteiger charge is -2.36. The van der Waals surface area contributed by atoms with Gasteiger partial charge in [-0.05, 0) is 50.7 Å². The zero-order chi connectivity index (χ0) is 22.7. The number of pyridine rings is 1. The Hall–Kier alpha value is -3.27. The highest BCUT2D eigenvalue weighted by atomic mass is 16.5. The van der Waals surface area contributed by atoms with E-state index in [9.17, 15) is 14.4 Å². The molecular formula is C22H28N6O4. The molecule has 3 amide bonds. The van der Waals surface area contributed by atoms with Crippen LogP contribution in [0.2, 0.25) is 0 Å². The maximum absolute atomic E-state index is 13.1. The van der Waals surface area contributed by atoms with Crippen LogP contribution in [-0.2, 0) is 9.59 Å². The second-order valence-corrected chi connectivity index (χ2v) is 8.50. The van der Waals surface area contributed by atoms with Crippen LogP contribution in [0.25, 0.3) is 0 Å². The highest BCUT2D eigenvalue weighted by molar-refractivity contribution is 6.00. The third-order valence-electron chi connectivity index (χ3n) is 5.94. The molecule has 2 aromatic heterocycles. The number of aromatic nitrogens is 2. The molecule has 170 valence electrons. The van der Waals surface area contributed by atoms with Crippen molar-refractivity contribution in [3.05, 3.63) is 41.9 Å². The summed E-state index contributed by atoms with van der Waals surface area (Å²) in [4.78, 5) is 44.0. The van der Waals surface area contributed by atoms with E-state index >= 15 is 0 Å². The second kappa shape index (κ2) is 9.47. The van der Waals surface area contributed by atoms with Crippen LogP contribution in [0.5, 0.6) is 0 Å². The monoisotopic (exact) mass is 440 g/mol. The smallest absolute Gasteiger partial charge is 0.274 e. The maximum atomic E-state index is 13.1. The second-order valence-electron chi connectivity index (χ2n) is 8.50. The summed E-state index contributed by atoms with van der Waals surface area (Å²) in [5, 5.41) is 9.48. The van der Waals surface area contributed by atoms with Crippen molar-refractivity contribution in [2.24, 2.45) is 11.7 Å². The first-order valence-corrected chi connectivity index (χ1v) is 11.0. The largest absolute Gasteiger partial charge is 0.360 e. The summed E-state index contributed by atoms with van der Waals surface area (Å²) in [7, 11) is 0. The molecular weight excluding hydrogens is 412 g/mol. The summed E-state index contributed by atoms with van der Waals surface area (Å²) in [6.07, 6.45) is 4.76. The number of likely N-dealkylation sites (tertiary alicyclic amines) is 1. The Morgan fingerprint density at radius 1 is 1.19 bits per heavy atom. The molecule has 2 atom stereocenters. The SMILES string of the molecule is C[C@H](N)C(=O)N1CCC(C(NC(=O)c2cc(C3CC3)on2)C(=O)Nc2ccccn2)CC1. The molecule has 1 aliphatic heterocycles. The van der Waals surface area contributed by atoms with Crippen molar-refractivity contribution in [1.82, 2.24) is 20.4 Å². The van der Waals surface area contributed by atoms with E-state index in [-0.39, 0.29) is 23.4 Å². The Morgan fingerprint density at radius 3 is 2.56 bits per heavy atom. The van der Waals surface area contributed by atoms with Gasteiger partial charge in [0.25, 0.3) is 5.91 Å². The number of hydrogen-bond donors (Lipinski definition) is 3. The Morgan fingerprint density at radius 2 is 1.94 bits per heavy atom. The number of piperidine rings is 1. The molecule has 1 unspecified atom stereocenters. The normalized spacial score (nSPS) is 18.6. The minimum absolute atomic E-state index is 0.114. The molecule has 0 radical (unpaired) electrons. The molecule has 1 saturated carbocycles. The van der Waals surface area contributed by atoms with E-state index in [0.29, 0.717) is 43.4 Å². The van der Waals surface area contributed by atoms with E-state index in [2.05, 4.69) is 20.8 Å². The van der Waals surface area contributed by atoms with Gasteiger partial charge < -0.3 is 25.8 Å². The van der Waals surface area contributed by atoms with E-state index in [1.807, 2.05) is 0 Å². The van der Waals surface area contributed by atoms with Gasteiger partial charge in [0.15, 0.2) is 5.69 Å². The quantitative estimate of drug-likeness (QED) is 0.588. The van der Waals surface area contributed by atoms with Crippen molar-refractivity contribution in [2.75, 3.05) is 18.4 Å². The molecule has 0 spiro atoms. The molecule has 0 bridgehead atoms. The summed E-state index contributed by atoms with van der Waals surface area (Å²) in [5.74, 6) is 0.341. The summed E-state index contributed by atoms with van der Waals surface area (Å²) in [6, 6.07) is 5.47. The van der Waals surface area contributed by atoms with Crippen molar-refractivity contribution in [3.8, 4) is 0 Å². The predicted molar refractivity (Wildman–Crippen MR) is 116 cm³/mol. The zero-order valence-corrected chi connectivity index (χ0v) is 18.0. The molecule has 2 fully saturated rings. The maximum Gasteiger partial charge on any atom is 0.274 e. The van der Waals surface area contributed by atoms with Crippen molar-refractivity contribution < 1.29 is 18.9 Å². The zero-order valence-electron chi connectivity index (χ0n) is 18.0. The number of nitrogens with zero attached hydrogens (tertiary/aromatic N) is 3. The number of carbonyl (C=O) groups is 3. The van der Waals surface area contributed by atoms with Gasteiger partial charge in [-0.2, -0.15) is 0 Å². The van der Waals surface area contributed by atoms with Crippen molar-refractivity contribution in [3.63, 3.8) is 0 Å². The number of nitrogens with two attached hydrogens (primary N) is 1. The number of anilines is 1. The lowest BCUT2D eigenvalue weighted by molar-refractivity contribution is -0.133. The standard InChI is InChI=1S/C22H28N6O4/c1-13(23)22(31)28-10-7-15(8-11-28)19(21(30)25-18-4-2-3-9-24-18)26-20(29)16-12-17(32-27-16)14-5-6-14/h2-4,9,12-15,19H,5-8,10-11,23H2,1H3,(H,26,29)(H,24,25,30)/t13-,19?/m0/s1. The van der Waals surface area contributed by atoms with Crippen molar-refractivity contribution in [1.29, 1.82) is 0 Å². The van der Waals surface area contributed by atoms with E-state index in [4.69, 9.17) is 10.3 Å². The average molecular weight is 441 g/mol. The van der Waals surface area contributed by atoms with Gasteiger partial charge >= 0.3 is 0 Å². The fourth-order valence-corrected chi connectivity index (χ4v) is 3.95.